The lowest BCUT2D eigenvalue weighted by atomic mass is 10.1. The number of nitrogens with one attached hydrogen (secondary N) is 2. The highest BCUT2D eigenvalue weighted by Crippen LogP contribution is 2.40. The van der Waals surface area contributed by atoms with Gasteiger partial charge in [-0.2, -0.15) is 13.2 Å². The molecule has 0 aromatic heterocycles. The fourth-order valence-electron chi connectivity index (χ4n) is 2.15. The second-order valence-electron chi connectivity index (χ2n) is 5.20. The number of rotatable bonds is 6. The van der Waals surface area contributed by atoms with Crippen molar-refractivity contribution in [2.45, 2.75) is 29.2 Å². The van der Waals surface area contributed by atoms with Gasteiger partial charge >= 0.3 is 6.18 Å². The molecule has 0 bridgehead atoms. The van der Waals surface area contributed by atoms with Crippen molar-refractivity contribution in [1.82, 2.24) is 5.32 Å². The smallest absolute Gasteiger partial charge is 0.385 e. The van der Waals surface area contributed by atoms with Gasteiger partial charge in [-0.1, -0.05) is 0 Å². The van der Waals surface area contributed by atoms with Gasteiger partial charge in [0.2, 0.25) is 11.8 Å². The molecule has 1 aliphatic heterocycles. The Labute approximate surface area is 141 Å². The third-order valence-corrected chi connectivity index (χ3v) is 4.62. The van der Waals surface area contributed by atoms with Crippen molar-refractivity contribution < 1.29 is 27.5 Å². The SMILES string of the molecule is COCCCNC(=O)C[C@H]1Sc2ccc(C(F)(F)F)cc2NC1=O. The summed E-state index contributed by atoms with van der Waals surface area (Å²) in [6.45, 7) is 0.963. The quantitative estimate of drug-likeness (QED) is 0.764. The van der Waals surface area contributed by atoms with Crippen LogP contribution in [-0.4, -0.2) is 37.3 Å². The normalized spacial score (nSPS) is 17.2. The Morgan fingerprint density at radius 2 is 2.17 bits per heavy atom. The minimum atomic E-state index is -4.47. The van der Waals surface area contributed by atoms with E-state index in [2.05, 4.69) is 10.6 Å². The topological polar surface area (TPSA) is 67.4 Å². The molecule has 9 heteroatoms. The van der Waals surface area contributed by atoms with Crippen LogP contribution in [0.1, 0.15) is 18.4 Å². The second-order valence-corrected chi connectivity index (χ2v) is 6.45. The first kappa shape index (κ1) is 18.6. The Morgan fingerprint density at radius 3 is 2.83 bits per heavy atom. The first-order valence-electron chi connectivity index (χ1n) is 7.25. The lowest BCUT2D eigenvalue weighted by molar-refractivity contribution is -0.137. The van der Waals surface area contributed by atoms with Crippen molar-refractivity contribution in [3.8, 4) is 0 Å². The van der Waals surface area contributed by atoms with E-state index in [0.29, 0.717) is 24.5 Å². The number of amides is 2. The Hall–Kier alpha value is -1.74. The van der Waals surface area contributed by atoms with Crippen molar-refractivity contribution >= 4 is 29.3 Å². The Kier molecular flexibility index (Phi) is 6.11. The fraction of sp³-hybridized carbons (Fsp3) is 0.467. The van der Waals surface area contributed by atoms with E-state index in [1.165, 1.54) is 6.07 Å². The molecular formula is C15H17F3N2O3S. The molecule has 1 aromatic carbocycles. The summed E-state index contributed by atoms with van der Waals surface area (Å²) in [6.07, 6.45) is -3.84. The zero-order valence-corrected chi connectivity index (χ0v) is 13.7. The van der Waals surface area contributed by atoms with Crippen LogP contribution in [0.3, 0.4) is 0 Å². The minimum Gasteiger partial charge on any atom is -0.385 e. The van der Waals surface area contributed by atoms with E-state index in [1.807, 2.05) is 0 Å². The molecule has 5 nitrogen and oxygen atoms in total. The van der Waals surface area contributed by atoms with Gasteiger partial charge in [0.25, 0.3) is 0 Å². The molecule has 1 atom stereocenters. The van der Waals surface area contributed by atoms with Gasteiger partial charge in [0, 0.05) is 31.6 Å². The Morgan fingerprint density at radius 1 is 1.42 bits per heavy atom. The van der Waals surface area contributed by atoms with Gasteiger partial charge < -0.3 is 15.4 Å². The van der Waals surface area contributed by atoms with Crippen LogP contribution in [0.2, 0.25) is 0 Å². The van der Waals surface area contributed by atoms with E-state index in [-0.39, 0.29) is 18.0 Å². The number of hydrogen-bond acceptors (Lipinski definition) is 4. The molecule has 0 aliphatic carbocycles. The van der Waals surface area contributed by atoms with Crippen LogP contribution in [0, 0.1) is 0 Å². The number of fused-ring (bicyclic) bond motifs is 1. The number of ether oxygens (including phenoxy) is 1. The number of halogens is 3. The van der Waals surface area contributed by atoms with Crippen molar-refractivity contribution in [1.29, 1.82) is 0 Å². The van der Waals surface area contributed by atoms with Crippen LogP contribution in [0.25, 0.3) is 0 Å². The maximum Gasteiger partial charge on any atom is 0.416 e. The highest BCUT2D eigenvalue weighted by molar-refractivity contribution is 8.01. The summed E-state index contributed by atoms with van der Waals surface area (Å²) in [4.78, 5) is 24.4. The number of carbonyl (C=O) groups is 2. The molecule has 0 radical (unpaired) electrons. The second kappa shape index (κ2) is 7.89. The van der Waals surface area contributed by atoms with E-state index in [0.717, 1.165) is 23.9 Å². The molecule has 2 rings (SSSR count). The molecule has 24 heavy (non-hydrogen) atoms. The van der Waals surface area contributed by atoms with Crippen LogP contribution >= 0.6 is 11.8 Å². The molecule has 132 valence electrons. The summed E-state index contributed by atoms with van der Waals surface area (Å²) in [5, 5.41) is 4.45. The zero-order chi connectivity index (χ0) is 17.7. The standard InChI is InChI=1S/C15H17F3N2O3S/c1-23-6-2-5-19-13(21)8-12-14(22)20-10-7-9(15(16,17)18)3-4-11(10)24-12/h3-4,7,12H,2,5-6,8H2,1H3,(H,19,21)(H,20,22)/t12-/m1/s1. The maximum atomic E-state index is 12.7. The van der Waals surface area contributed by atoms with Crippen molar-refractivity contribution in [2.75, 3.05) is 25.6 Å². The number of methoxy groups -OCH3 is 1. The van der Waals surface area contributed by atoms with E-state index < -0.39 is 22.9 Å². The number of carbonyl (C=O) groups excluding carboxylic acids is 2. The third-order valence-electron chi connectivity index (χ3n) is 3.34. The van der Waals surface area contributed by atoms with Crippen molar-refractivity contribution in [2.24, 2.45) is 0 Å². The summed E-state index contributed by atoms with van der Waals surface area (Å²) in [5.41, 5.74) is -0.701. The molecule has 0 fully saturated rings. The van der Waals surface area contributed by atoms with E-state index >= 15 is 0 Å². The van der Waals surface area contributed by atoms with Gasteiger partial charge in [0.1, 0.15) is 0 Å². The number of thioether (sulfide) groups is 1. The van der Waals surface area contributed by atoms with E-state index in [4.69, 9.17) is 4.74 Å². The van der Waals surface area contributed by atoms with Crippen LogP contribution < -0.4 is 10.6 Å². The first-order valence-corrected chi connectivity index (χ1v) is 8.13. The van der Waals surface area contributed by atoms with Gasteiger partial charge in [0.05, 0.1) is 16.5 Å². The molecule has 1 aromatic rings. The highest BCUT2D eigenvalue weighted by Gasteiger charge is 2.34. The zero-order valence-electron chi connectivity index (χ0n) is 12.9. The molecule has 1 heterocycles. The molecule has 0 saturated heterocycles. The number of alkyl halides is 3. The van der Waals surface area contributed by atoms with Crippen LogP contribution in [0.4, 0.5) is 18.9 Å². The fourth-order valence-corrected chi connectivity index (χ4v) is 3.24. The molecule has 0 unspecified atom stereocenters. The average molecular weight is 362 g/mol. The number of hydrogen-bond donors (Lipinski definition) is 2. The Balaban J connectivity index is 1.97. The van der Waals surface area contributed by atoms with Crippen LogP contribution in [-0.2, 0) is 20.5 Å². The predicted octanol–water partition coefficient (Wildman–Crippen LogP) is 2.66. The largest absolute Gasteiger partial charge is 0.416 e. The summed E-state index contributed by atoms with van der Waals surface area (Å²) in [6, 6.07) is 3.18. The van der Waals surface area contributed by atoms with Crippen molar-refractivity contribution in [3.63, 3.8) is 0 Å². The minimum absolute atomic E-state index is 0.0378. The summed E-state index contributed by atoms with van der Waals surface area (Å²) in [5.74, 6) is -0.756. The predicted molar refractivity (Wildman–Crippen MR) is 83.8 cm³/mol. The lowest BCUT2D eigenvalue weighted by Crippen LogP contribution is -2.35. The number of anilines is 1. The van der Waals surface area contributed by atoms with Gasteiger partial charge in [0.15, 0.2) is 0 Å². The van der Waals surface area contributed by atoms with E-state index in [9.17, 15) is 22.8 Å². The lowest BCUT2D eigenvalue weighted by Gasteiger charge is -2.24. The first-order chi connectivity index (χ1) is 11.3. The molecule has 0 saturated carbocycles. The maximum absolute atomic E-state index is 12.7. The Bertz CT molecular complexity index is 622. The summed E-state index contributed by atoms with van der Waals surface area (Å²) in [7, 11) is 1.56. The molecule has 1 aliphatic rings. The highest BCUT2D eigenvalue weighted by atomic mass is 32.2. The van der Waals surface area contributed by atoms with Crippen LogP contribution in [0.5, 0.6) is 0 Å². The van der Waals surface area contributed by atoms with Gasteiger partial charge in [-0.05, 0) is 24.6 Å². The summed E-state index contributed by atoms with van der Waals surface area (Å²) < 4.78 is 43.0. The van der Waals surface area contributed by atoms with Gasteiger partial charge in [-0.15, -0.1) is 11.8 Å². The van der Waals surface area contributed by atoms with Crippen LogP contribution in [0.15, 0.2) is 23.1 Å². The average Bonchev–Trinajstić information content (AvgIpc) is 2.51. The molecule has 0 spiro atoms. The monoisotopic (exact) mass is 362 g/mol. The third kappa shape index (κ3) is 4.88. The molecule has 2 N–H and O–H groups in total. The van der Waals surface area contributed by atoms with Gasteiger partial charge in [-0.3, -0.25) is 9.59 Å². The van der Waals surface area contributed by atoms with Crippen molar-refractivity contribution in [3.05, 3.63) is 23.8 Å². The number of benzene rings is 1. The molecular weight excluding hydrogens is 345 g/mol. The molecule has 2 amide bonds. The van der Waals surface area contributed by atoms with E-state index in [1.54, 1.807) is 7.11 Å². The summed E-state index contributed by atoms with van der Waals surface area (Å²) >= 11 is 1.09. The van der Waals surface area contributed by atoms with Gasteiger partial charge in [-0.25, -0.2) is 0 Å².